The lowest BCUT2D eigenvalue weighted by atomic mass is 9.73. The van der Waals surface area contributed by atoms with E-state index in [0.717, 1.165) is 0 Å². The first kappa shape index (κ1) is 18.3. The Bertz CT molecular complexity index is 1070. The summed E-state index contributed by atoms with van der Waals surface area (Å²) in [4.78, 5) is 37.8. The Hall–Kier alpha value is -3.03. The topological polar surface area (TPSA) is 121 Å². The van der Waals surface area contributed by atoms with Crippen LogP contribution in [0.25, 0.3) is 0 Å². The number of aliphatic hydroxyl groups excluding tert-OH is 1. The van der Waals surface area contributed by atoms with Gasteiger partial charge in [0.1, 0.15) is 17.1 Å². The highest BCUT2D eigenvalue weighted by Crippen LogP contribution is 2.45. The van der Waals surface area contributed by atoms with Gasteiger partial charge in [-0.05, 0) is 36.8 Å². The summed E-state index contributed by atoms with van der Waals surface area (Å²) >= 11 is 0. The van der Waals surface area contributed by atoms with Crippen LogP contribution >= 0.6 is 0 Å². The molecule has 0 spiro atoms. The molecule has 2 aromatic rings. The van der Waals surface area contributed by atoms with E-state index in [2.05, 4.69) is 0 Å². The Morgan fingerprint density at radius 2 is 1.86 bits per heavy atom. The minimum Gasteiger partial charge on any atom is -0.507 e. The quantitative estimate of drug-likeness (QED) is 0.614. The van der Waals surface area contributed by atoms with E-state index in [1.807, 2.05) is 0 Å². The third kappa shape index (κ3) is 2.40. The SMILES string of the molecule is COc1ccc2c(c1)C(=O)c1c(cc3c(c1O)C(O)CC(O)(C(C)=O)C3)C2=O. The molecule has 144 valence electrons. The number of carbonyl (C=O) groups excluding carboxylic acids is 3. The number of ether oxygens (including phenoxy) is 1. The molecule has 2 aliphatic carbocycles. The van der Waals surface area contributed by atoms with E-state index in [4.69, 9.17) is 4.74 Å². The van der Waals surface area contributed by atoms with Gasteiger partial charge in [0.25, 0.3) is 0 Å². The van der Waals surface area contributed by atoms with Gasteiger partial charge in [0.15, 0.2) is 17.3 Å². The number of hydrogen-bond donors (Lipinski definition) is 3. The van der Waals surface area contributed by atoms with Gasteiger partial charge < -0.3 is 20.1 Å². The van der Waals surface area contributed by atoms with Crippen LogP contribution in [0.15, 0.2) is 24.3 Å². The molecule has 0 bridgehead atoms. The number of fused-ring (bicyclic) bond motifs is 3. The fraction of sp³-hybridized carbons (Fsp3) is 0.286. The van der Waals surface area contributed by atoms with Gasteiger partial charge in [0.05, 0.1) is 18.8 Å². The Balaban J connectivity index is 1.94. The predicted molar refractivity (Wildman–Crippen MR) is 96.9 cm³/mol. The van der Waals surface area contributed by atoms with Crippen LogP contribution in [-0.2, 0) is 11.2 Å². The van der Waals surface area contributed by atoms with E-state index in [-0.39, 0.29) is 46.2 Å². The van der Waals surface area contributed by atoms with Crippen molar-refractivity contribution in [1.82, 2.24) is 0 Å². The first-order valence-electron chi connectivity index (χ1n) is 8.75. The number of hydrogen-bond acceptors (Lipinski definition) is 7. The van der Waals surface area contributed by atoms with Crippen molar-refractivity contribution < 1.29 is 34.4 Å². The highest BCUT2D eigenvalue weighted by molar-refractivity contribution is 6.29. The molecule has 0 amide bonds. The van der Waals surface area contributed by atoms with Crippen LogP contribution in [-0.4, -0.2) is 45.4 Å². The van der Waals surface area contributed by atoms with Crippen molar-refractivity contribution in [3.63, 3.8) is 0 Å². The molecule has 2 aromatic carbocycles. The highest BCUT2D eigenvalue weighted by Gasteiger charge is 2.44. The maximum absolute atomic E-state index is 13.0. The average molecular weight is 382 g/mol. The molecule has 28 heavy (non-hydrogen) atoms. The Morgan fingerprint density at radius 1 is 1.14 bits per heavy atom. The van der Waals surface area contributed by atoms with Crippen molar-refractivity contribution in [1.29, 1.82) is 0 Å². The summed E-state index contributed by atoms with van der Waals surface area (Å²) in [6.45, 7) is 1.22. The summed E-state index contributed by atoms with van der Waals surface area (Å²) in [5.74, 6) is -1.63. The summed E-state index contributed by atoms with van der Waals surface area (Å²) in [5, 5.41) is 31.8. The maximum Gasteiger partial charge on any atom is 0.198 e. The number of Topliss-reactive ketones (excluding diaryl/α,β-unsaturated/α-hetero) is 1. The molecule has 4 rings (SSSR count). The van der Waals surface area contributed by atoms with Crippen LogP contribution in [0.3, 0.4) is 0 Å². The molecule has 7 heteroatoms. The number of phenols is 1. The molecule has 2 aliphatic rings. The van der Waals surface area contributed by atoms with Crippen molar-refractivity contribution in [2.75, 3.05) is 7.11 Å². The second-order valence-corrected chi connectivity index (χ2v) is 7.27. The van der Waals surface area contributed by atoms with Gasteiger partial charge in [-0.15, -0.1) is 0 Å². The summed E-state index contributed by atoms with van der Waals surface area (Å²) in [6.07, 6.45) is -1.81. The van der Waals surface area contributed by atoms with Gasteiger partial charge in [0.2, 0.25) is 0 Å². The van der Waals surface area contributed by atoms with Crippen LogP contribution < -0.4 is 4.74 Å². The number of ketones is 3. The molecule has 0 saturated heterocycles. The standard InChI is InChI=1S/C21H18O7/c1-9(22)21(27)7-10-5-14-17(20(26)16(10)15(23)8-21)19(25)13-6-11(28-2)3-4-12(13)18(14)24/h3-6,15,23,26-27H,7-8H2,1-2H3. The Morgan fingerprint density at radius 3 is 2.50 bits per heavy atom. The summed E-state index contributed by atoms with van der Waals surface area (Å²) in [5.41, 5.74) is -1.37. The molecule has 2 atom stereocenters. The van der Waals surface area contributed by atoms with Crippen molar-refractivity contribution in [2.45, 2.75) is 31.5 Å². The van der Waals surface area contributed by atoms with Crippen molar-refractivity contribution >= 4 is 17.3 Å². The number of rotatable bonds is 2. The predicted octanol–water partition coefficient (Wildman–Crippen LogP) is 1.48. The van der Waals surface area contributed by atoms with E-state index in [0.29, 0.717) is 5.75 Å². The van der Waals surface area contributed by atoms with Crippen molar-refractivity contribution in [3.8, 4) is 11.5 Å². The fourth-order valence-electron chi connectivity index (χ4n) is 4.06. The van der Waals surface area contributed by atoms with E-state index in [1.165, 1.54) is 32.2 Å². The highest BCUT2D eigenvalue weighted by atomic mass is 16.5. The number of methoxy groups -OCH3 is 1. The zero-order chi connectivity index (χ0) is 20.4. The molecule has 0 heterocycles. The van der Waals surface area contributed by atoms with E-state index < -0.39 is 34.8 Å². The third-order valence-corrected chi connectivity index (χ3v) is 5.62. The monoisotopic (exact) mass is 382 g/mol. The van der Waals surface area contributed by atoms with Crippen LogP contribution in [0.5, 0.6) is 11.5 Å². The second kappa shape index (κ2) is 5.98. The molecule has 0 aromatic heterocycles. The lowest BCUT2D eigenvalue weighted by molar-refractivity contribution is -0.139. The normalized spacial score (nSPS) is 22.9. The lowest BCUT2D eigenvalue weighted by Gasteiger charge is -2.36. The Kier molecular flexibility index (Phi) is 3.92. The van der Waals surface area contributed by atoms with Crippen molar-refractivity contribution in [3.05, 3.63) is 57.6 Å². The van der Waals surface area contributed by atoms with Gasteiger partial charge in [-0.3, -0.25) is 14.4 Å². The van der Waals surface area contributed by atoms with Crippen LogP contribution in [0.1, 0.15) is 62.4 Å². The second-order valence-electron chi connectivity index (χ2n) is 7.27. The number of phenolic OH excluding ortho intramolecular Hbond substituents is 1. The minimum atomic E-state index is -1.79. The molecule has 0 aliphatic heterocycles. The Labute approximate surface area is 160 Å². The number of carbonyl (C=O) groups is 3. The van der Waals surface area contributed by atoms with Crippen molar-refractivity contribution in [2.24, 2.45) is 0 Å². The largest absolute Gasteiger partial charge is 0.507 e. The number of aromatic hydroxyl groups is 1. The van der Waals surface area contributed by atoms with E-state index >= 15 is 0 Å². The molecular weight excluding hydrogens is 364 g/mol. The zero-order valence-corrected chi connectivity index (χ0v) is 15.3. The smallest absolute Gasteiger partial charge is 0.198 e. The first-order chi connectivity index (χ1) is 13.2. The average Bonchev–Trinajstić information content (AvgIpc) is 2.64. The van der Waals surface area contributed by atoms with Gasteiger partial charge in [-0.25, -0.2) is 0 Å². The summed E-state index contributed by atoms with van der Waals surface area (Å²) in [6, 6.07) is 5.86. The first-order valence-corrected chi connectivity index (χ1v) is 8.75. The van der Waals surface area contributed by atoms with Gasteiger partial charge in [-0.2, -0.15) is 0 Å². The molecule has 0 saturated carbocycles. The number of benzene rings is 2. The fourth-order valence-corrected chi connectivity index (χ4v) is 4.06. The molecular formula is C21H18O7. The molecule has 2 unspecified atom stereocenters. The summed E-state index contributed by atoms with van der Waals surface area (Å²) in [7, 11) is 1.44. The van der Waals surface area contributed by atoms with Crippen LogP contribution in [0.2, 0.25) is 0 Å². The third-order valence-electron chi connectivity index (χ3n) is 5.62. The molecule has 0 fully saturated rings. The molecule has 0 radical (unpaired) electrons. The van der Waals surface area contributed by atoms with Gasteiger partial charge >= 0.3 is 0 Å². The van der Waals surface area contributed by atoms with E-state index in [9.17, 15) is 29.7 Å². The zero-order valence-electron chi connectivity index (χ0n) is 15.3. The van der Waals surface area contributed by atoms with Gasteiger partial charge in [-0.1, -0.05) is 0 Å². The number of aliphatic hydroxyl groups is 2. The van der Waals surface area contributed by atoms with Crippen LogP contribution in [0, 0.1) is 0 Å². The summed E-state index contributed by atoms with van der Waals surface area (Å²) < 4.78 is 5.11. The van der Waals surface area contributed by atoms with Gasteiger partial charge in [0, 0.05) is 35.1 Å². The minimum absolute atomic E-state index is 0.0149. The molecule has 3 N–H and O–H groups in total. The lowest BCUT2D eigenvalue weighted by Crippen LogP contribution is -2.44. The molecule has 7 nitrogen and oxygen atoms in total. The maximum atomic E-state index is 13.0. The van der Waals surface area contributed by atoms with E-state index in [1.54, 1.807) is 6.07 Å². The van der Waals surface area contributed by atoms with Crippen LogP contribution in [0.4, 0.5) is 0 Å².